The van der Waals surface area contributed by atoms with Crippen molar-refractivity contribution in [3.63, 3.8) is 0 Å². The molecule has 0 bridgehead atoms. The summed E-state index contributed by atoms with van der Waals surface area (Å²) in [7, 11) is 0. The van der Waals surface area contributed by atoms with Crippen LogP contribution >= 0.6 is 0 Å². The molecule has 2 unspecified atom stereocenters. The lowest BCUT2D eigenvalue weighted by atomic mass is 10.1. The van der Waals surface area contributed by atoms with Crippen molar-refractivity contribution in [3.8, 4) is 0 Å². The lowest BCUT2D eigenvalue weighted by molar-refractivity contribution is -0.458. The number of alkyl halides is 18. The lowest BCUT2D eigenvalue weighted by Gasteiger charge is -2.34. The largest absolute Gasteiger partial charge is 0.460 e. The molecule has 2 N–H and O–H groups in total. The van der Waals surface area contributed by atoms with Gasteiger partial charge in [-0.05, 0) is 13.8 Å². The van der Waals surface area contributed by atoms with E-state index in [1.54, 1.807) is 10.6 Å². The third-order valence-electron chi connectivity index (χ3n) is 7.73. The number of carbonyl (C=O) groups is 6. The zero-order valence-corrected chi connectivity index (χ0v) is 36.3. The van der Waals surface area contributed by atoms with Gasteiger partial charge in [0.25, 0.3) is 12.7 Å². The third-order valence-corrected chi connectivity index (χ3v) is 7.73. The van der Waals surface area contributed by atoms with Crippen molar-refractivity contribution in [2.24, 2.45) is 0 Å². The second kappa shape index (κ2) is 25.6. The number of alkyl carbamates (subject to hydrolysis) is 2. The van der Waals surface area contributed by atoms with E-state index in [1.165, 1.54) is 0 Å². The molecule has 72 heavy (non-hydrogen) atoms. The highest BCUT2D eigenvalue weighted by Crippen LogP contribution is 2.49. The molecule has 0 saturated carbocycles. The van der Waals surface area contributed by atoms with E-state index in [2.05, 4.69) is 73.7 Å². The normalized spacial score (nSPS) is 14.1. The smallest absolute Gasteiger partial charge is 0.428 e. The van der Waals surface area contributed by atoms with E-state index in [0.29, 0.717) is 24.3 Å². The fourth-order valence-corrected chi connectivity index (χ4v) is 3.90. The number of ether oxygens (including phenoxy) is 10. The Morgan fingerprint density at radius 3 is 0.889 bits per heavy atom. The highest BCUT2D eigenvalue weighted by molar-refractivity contribution is 5.82. The monoisotopic (exact) mass is 1100 g/mol. The summed E-state index contributed by atoms with van der Waals surface area (Å²) in [4.78, 5) is 69.6. The van der Waals surface area contributed by atoms with Crippen molar-refractivity contribution in [1.82, 2.24) is 10.6 Å². The Kier molecular flexibility index (Phi) is 23.4. The summed E-state index contributed by atoms with van der Waals surface area (Å²) >= 11 is 0. The van der Waals surface area contributed by atoms with E-state index < -0.39 is 161 Å². The Morgan fingerprint density at radius 1 is 0.431 bits per heavy atom. The van der Waals surface area contributed by atoms with Crippen LogP contribution in [-0.2, 0) is 66.5 Å². The van der Waals surface area contributed by atoms with Crippen LogP contribution in [0.2, 0.25) is 0 Å². The van der Waals surface area contributed by atoms with Gasteiger partial charge in [0.05, 0.1) is 13.2 Å². The average molecular weight is 1100 g/mol. The summed E-state index contributed by atoms with van der Waals surface area (Å²) in [5.41, 5.74) is -4.34. The first-order chi connectivity index (χ1) is 32.5. The molecular weight excluding hydrogens is 1060 g/mol. The van der Waals surface area contributed by atoms with Gasteiger partial charge in [-0.25, -0.2) is 37.5 Å². The number of hydrogen-bond donors (Lipinski definition) is 2. The first-order valence-corrected chi connectivity index (χ1v) is 18.5. The van der Waals surface area contributed by atoms with Crippen LogP contribution in [0.4, 0.5) is 88.6 Å². The Bertz CT molecular complexity index is 1760. The number of nitrogens with one attached hydrogen (secondary N) is 2. The van der Waals surface area contributed by atoms with Gasteiger partial charge in [0, 0.05) is 24.3 Å². The first kappa shape index (κ1) is 66.0. The van der Waals surface area contributed by atoms with E-state index in [-0.39, 0.29) is 0 Å². The van der Waals surface area contributed by atoms with Crippen LogP contribution in [0.15, 0.2) is 50.6 Å². The molecule has 0 saturated heterocycles. The van der Waals surface area contributed by atoms with Crippen LogP contribution < -0.4 is 10.6 Å². The number of halogens is 18. The average Bonchev–Trinajstić information content (AvgIpc) is 3.27. The molecule has 0 aliphatic rings. The molecule has 0 heterocycles. The lowest BCUT2D eigenvalue weighted by Crippen LogP contribution is -2.60. The third kappa shape index (κ3) is 19.2. The molecule has 0 aromatic rings. The minimum absolute atomic E-state index is 0.558. The van der Waals surface area contributed by atoms with Crippen molar-refractivity contribution in [2.75, 3.05) is 52.9 Å². The predicted molar refractivity (Wildman–Crippen MR) is 194 cm³/mol. The van der Waals surface area contributed by atoms with Crippen molar-refractivity contribution >= 4 is 36.1 Å². The van der Waals surface area contributed by atoms with E-state index in [1.807, 2.05) is 0 Å². The van der Waals surface area contributed by atoms with Crippen LogP contribution in [0.3, 0.4) is 0 Å². The highest BCUT2D eigenvalue weighted by atomic mass is 19.4. The summed E-state index contributed by atoms with van der Waals surface area (Å²) in [6.07, 6.45) is -39.3. The maximum Gasteiger partial charge on any atom is 0.428 e. The minimum Gasteiger partial charge on any atom is -0.460 e. The Labute approximate surface area is 391 Å². The number of rotatable bonds is 33. The van der Waals surface area contributed by atoms with Gasteiger partial charge in [0.15, 0.2) is 13.2 Å². The second-order valence-corrected chi connectivity index (χ2v) is 14.1. The SMILES string of the molecule is C=CC(=O)OCC(C)(COC(=O)C=C)NC(=O)OCC(F)(F)C(F)(F)C(F)(F)OC(F)C(F)(F)OCCOC(F)(F)C(F)OC(F)(F)C(F)(F)C(F)(F)COC(=O)NC(C)(COC(=O)C=C)COC(=O)C=C. The molecule has 0 aromatic carbocycles. The predicted octanol–water partition coefficient (Wildman–Crippen LogP) is 6.44. The molecule has 0 rings (SSSR count). The van der Waals surface area contributed by atoms with E-state index in [0.717, 1.165) is 13.8 Å². The van der Waals surface area contributed by atoms with E-state index in [9.17, 15) is 108 Å². The Balaban J connectivity index is 5.66. The van der Waals surface area contributed by atoms with Gasteiger partial charge in [-0.3, -0.25) is 9.47 Å². The van der Waals surface area contributed by atoms with Crippen LogP contribution in [0, 0.1) is 0 Å². The summed E-state index contributed by atoms with van der Waals surface area (Å²) in [5.74, 6) is -31.9. The van der Waals surface area contributed by atoms with Gasteiger partial charge >= 0.3 is 84.2 Å². The minimum atomic E-state index is -7.15. The molecule has 18 nitrogen and oxygen atoms in total. The standard InChI is InChI=1S/C36H38F18N2O16/c1-7-19(57)63-13-27(5,14-64-20(58)8-2)55-25(61)67-17-29(39,40)33(47,48)35(51,52)71-23(37)31(43,44)69-11-12-70-32(45,46)24(38)72-36(53,54)34(49,50)30(41,42)18-68-26(62)56-28(6,15-65-21(59)9-3)16-66-22(60)10-4/h7-10,23-24H,1-4,11-18H2,5-6H3,(H,55,61)(H,56,62). The number of hydrogen-bond acceptors (Lipinski definition) is 16. The number of esters is 4. The topological polar surface area (TPSA) is 219 Å². The Morgan fingerprint density at radius 2 is 0.667 bits per heavy atom. The van der Waals surface area contributed by atoms with Gasteiger partial charge in [0.2, 0.25) is 0 Å². The molecule has 0 aliphatic carbocycles. The summed E-state index contributed by atoms with van der Waals surface area (Å²) < 4.78 is 291. The van der Waals surface area contributed by atoms with Crippen molar-refractivity contribution in [3.05, 3.63) is 50.6 Å². The quantitative estimate of drug-likeness (QED) is 0.0237. The summed E-state index contributed by atoms with van der Waals surface area (Å²) in [6, 6.07) is 0. The van der Waals surface area contributed by atoms with Gasteiger partial charge in [-0.1, -0.05) is 26.3 Å². The second-order valence-electron chi connectivity index (χ2n) is 14.1. The zero-order valence-electron chi connectivity index (χ0n) is 36.3. The fraction of sp³-hybridized carbons (Fsp3) is 0.611. The highest BCUT2D eigenvalue weighted by Gasteiger charge is 2.76. The molecular formula is C36H38F18N2O16. The molecule has 36 heteroatoms. The maximum atomic E-state index is 14.3. The van der Waals surface area contributed by atoms with Crippen LogP contribution in [0.5, 0.6) is 0 Å². The summed E-state index contributed by atoms with van der Waals surface area (Å²) in [6.45, 7) is -1.41. The molecule has 2 amide bonds. The molecule has 0 aromatic heterocycles. The molecule has 0 spiro atoms. The molecule has 2 atom stereocenters. The summed E-state index contributed by atoms with van der Waals surface area (Å²) in [5, 5.41) is 3.17. The van der Waals surface area contributed by atoms with Crippen molar-refractivity contribution in [2.45, 2.75) is 85.8 Å². The van der Waals surface area contributed by atoms with Crippen molar-refractivity contribution < 1.29 is 155 Å². The number of carbonyl (C=O) groups excluding carboxylic acids is 6. The van der Waals surface area contributed by atoms with Crippen LogP contribution in [0.1, 0.15) is 13.8 Å². The van der Waals surface area contributed by atoms with Crippen LogP contribution in [0.25, 0.3) is 0 Å². The molecule has 0 aliphatic heterocycles. The van der Waals surface area contributed by atoms with Gasteiger partial charge in [-0.2, -0.15) is 70.2 Å². The van der Waals surface area contributed by atoms with Crippen molar-refractivity contribution in [1.29, 1.82) is 0 Å². The van der Waals surface area contributed by atoms with E-state index >= 15 is 0 Å². The van der Waals surface area contributed by atoms with E-state index in [4.69, 9.17) is 0 Å². The first-order valence-electron chi connectivity index (χ1n) is 18.5. The van der Waals surface area contributed by atoms with Gasteiger partial charge < -0.3 is 48.5 Å². The molecule has 0 fully saturated rings. The van der Waals surface area contributed by atoms with Gasteiger partial charge in [-0.15, -0.1) is 0 Å². The van der Waals surface area contributed by atoms with Crippen LogP contribution in [-0.4, -0.2) is 161 Å². The maximum absolute atomic E-state index is 14.3. The Hall–Kier alpha value is -6.04. The fourth-order valence-electron chi connectivity index (χ4n) is 3.90. The van der Waals surface area contributed by atoms with Gasteiger partial charge in [0.1, 0.15) is 37.5 Å². The zero-order chi connectivity index (χ0) is 56.6. The molecule has 414 valence electrons. The molecule has 0 radical (unpaired) electrons. The number of amides is 2.